The van der Waals surface area contributed by atoms with Crippen molar-refractivity contribution in [2.24, 2.45) is 0 Å². The number of amides is 1. The van der Waals surface area contributed by atoms with E-state index in [1.54, 1.807) is 23.2 Å². The summed E-state index contributed by atoms with van der Waals surface area (Å²) in [4.78, 5) is 28.0. The predicted octanol–water partition coefficient (Wildman–Crippen LogP) is 4.75. The molecule has 2 aliphatic heterocycles. The van der Waals surface area contributed by atoms with E-state index in [1.807, 2.05) is 54.3 Å². The first-order chi connectivity index (χ1) is 18.8. The summed E-state index contributed by atoms with van der Waals surface area (Å²) in [6.45, 7) is 4.63. The number of nitrogens with zero attached hydrogens (tertiary/aromatic N) is 6. The molecule has 1 atom stereocenters. The van der Waals surface area contributed by atoms with Crippen LogP contribution < -0.4 is 9.80 Å². The van der Waals surface area contributed by atoms with Crippen molar-refractivity contribution in [2.75, 3.05) is 36.0 Å². The van der Waals surface area contributed by atoms with Crippen molar-refractivity contribution in [3.05, 3.63) is 83.8 Å². The fourth-order valence-corrected chi connectivity index (χ4v) is 5.88. The van der Waals surface area contributed by atoms with Crippen LogP contribution in [0.5, 0.6) is 0 Å². The molecule has 39 heavy (non-hydrogen) atoms. The Balaban J connectivity index is 1.24. The Kier molecular flexibility index (Phi) is 6.40. The van der Waals surface area contributed by atoms with Gasteiger partial charge in [0.05, 0.1) is 11.9 Å². The van der Waals surface area contributed by atoms with Crippen LogP contribution in [-0.4, -0.2) is 57.6 Å². The first-order valence-electron chi connectivity index (χ1n) is 13.1. The number of para-hydroxylation sites is 1. The molecule has 0 spiro atoms. The molecule has 2 aromatic heterocycles. The Labute approximate surface area is 224 Å². The van der Waals surface area contributed by atoms with Crippen molar-refractivity contribution in [2.45, 2.75) is 38.7 Å². The van der Waals surface area contributed by atoms with Gasteiger partial charge in [0.15, 0.2) is 5.65 Å². The summed E-state index contributed by atoms with van der Waals surface area (Å²) >= 11 is 0. The summed E-state index contributed by atoms with van der Waals surface area (Å²) in [5.74, 6) is -0.0307. The second-order valence-corrected chi connectivity index (χ2v) is 10.2. The van der Waals surface area contributed by atoms with E-state index in [0.29, 0.717) is 50.4 Å². The molecule has 0 saturated carbocycles. The second-order valence-electron chi connectivity index (χ2n) is 10.2. The van der Waals surface area contributed by atoms with Crippen molar-refractivity contribution in [1.82, 2.24) is 19.4 Å². The molecule has 2 aliphatic rings. The number of aromatic nitrogens is 3. The van der Waals surface area contributed by atoms with Gasteiger partial charge in [0.1, 0.15) is 12.1 Å². The summed E-state index contributed by atoms with van der Waals surface area (Å²) < 4.78 is 43.6. The Bertz CT molecular complexity index is 1500. The lowest BCUT2D eigenvalue weighted by Crippen LogP contribution is -2.55. The van der Waals surface area contributed by atoms with Crippen molar-refractivity contribution >= 4 is 28.4 Å². The lowest BCUT2D eigenvalue weighted by molar-refractivity contribution is -0.138. The van der Waals surface area contributed by atoms with Gasteiger partial charge in [-0.15, -0.1) is 0 Å². The van der Waals surface area contributed by atoms with Gasteiger partial charge in [-0.2, -0.15) is 13.2 Å². The second kappa shape index (κ2) is 9.91. The molecule has 1 unspecified atom stereocenters. The van der Waals surface area contributed by atoms with E-state index < -0.39 is 11.7 Å². The van der Waals surface area contributed by atoms with Gasteiger partial charge in [-0.1, -0.05) is 18.2 Å². The maximum atomic E-state index is 13.9. The van der Waals surface area contributed by atoms with Crippen molar-refractivity contribution in [3.8, 4) is 0 Å². The Morgan fingerprint density at radius 1 is 0.949 bits per heavy atom. The van der Waals surface area contributed by atoms with Crippen LogP contribution in [0.1, 0.15) is 23.6 Å². The van der Waals surface area contributed by atoms with Crippen LogP contribution in [0.2, 0.25) is 0 Å². The molecule has 1 saturated heterocycles. The van der Waals surface area contributed by atoms with E-state index in [-0.39, 0.29) is 18.5 Å². The highest BCUT2D eigenvalue weighted by molar-refractivity contribution is 5.79. The van der Waals surface area contributed by atoms with E-state index in [1.165, 1.54) is 6.07 Å². The highest BCUT2D eigenvalue weighted by Crippen LogP contribution is 2.40. The zero-order valence-corrected chi connectivity index (χ0v) is 21.6. The molecule has 1 amide bonds. The third kappa shape index (κ3) is 4.79. The van der Waals surface area contributed by atoms with E-state index in [2.05, 4.69) is 19.8 Å². The van der Waals surface area contributed by atoms with Gasteiger partial charge in [-0.3, -0.25) is 4.79 Å². The van der Waals surface area contributed by atoms with Gasteiger partial charge in [0.2, 0.25) is 5.91 Å². The number of alkyl halides is 3. The van der Waals surface area contributed by atoms with Crippen LogP contribution >= 0.6 is 0 Å². The van der Waals surface area contributed by atoms with Gasteiger partial charge in [0.25, 0.3) is 0 Å². The van der Waals surface area contributed by atoms with Crippen LogP contribution in [0.25, 0.3) is 11.2 Å². The van der Waals surface area contributed by atoms with Gasteiger partial charge in [0, 0.05) is 56.3 Å². The molecular weight excluding hydrogens is 505 g/mol. The largest absolute Gasteiger partial charge is 0.416 e. The molecule has 0 bridgehead atoms. The smallest absolute Gasteiger partial charge is 0.367 e. The molecule has 10 heteroatoms. The predicted molar refractivity (Wildman–Crippen MR) is 144 cm³/mol. The molecule has 4 aromatic rings. The average molecular weight is 535 g/mol. The highest BCUT2D eigenvalue weighted by atomic mass is 19.4. The van der Waals surface area contributed by atoms with E-state index in [4.69, 9.17) is 0 Å². The lowest BCUT2D eigenvalue weighted by Gasteiger charge is -2.43. The average Bonchev–Trinajstić information content (AvgIpc) is 3.34. The Morgan fingerprint density at radius 3 is 2.54 bits per heavy atom. The summed E-state index contributed by atoms with van der Waals surface area (Å²) in [6.07, 6.45) is -0.768. The van der Waals surface area contributed by atoms with Gasteiger partial charge >= 0.3 is 6.18 Å². The molecule has 6 rings (SSSR count). The third-order valence-corrected chi connectivity index (χ3v) is 7.78. The van der Waals surface area contributed by atoms with E-state index in [9.17, 15) is 18.0 Å². The molecule has 7 nitrogen and oxygen atoms in total. The maximum Gasteiger partial charge on any atom is 0.416 e. The van der Waals surface area contributed by atoms with Crippen molar-refractivity contribution in [3.63, 3.8) is 0 Å². The van der Waals surface area contributed by atoms with Crippen LogP contribution in [-0.2, 0) is 30.5 Å². The molecule has 0 radical (unpaired) electrons. The lowest BCUT2D eigenvalue weighted by atomic mass is 9.91. The zero-order chi connectivity index (χ0) is 27.1. The monoisotopic (exact) mass is 534 g/mol. The number of hydrogen-bond donors (Lipinski definition) is 0. The van der Waals surface area contributed by atoms with Crippen LogP contribution in [0, 0.1) is 0 Å². The minimum atomic E-state index is -4.40. The number of fused-ring (bicyclic) bond motifs is 2. The number of piperazine rings is 1. The third-order valence-electron chi connectivity index (χ3n) is 7.78. The fourth-order valence-electron chi connectivity index (χ4n) is 5.88. The van der Waals surface area contributed by atoms with Crippen LogP contribution in [0.3, 0.4) is 0 Å². The zero-order valence-electron chi connectivity index (χ0n) is 21.6. The minimum absolute atomic E-state index is 0.0307. The maximum absolute atomic E-state index is 13.9. The molecule has 0 N–H and O–H groups in total. The first kappa shape index (κ1) is 25.2. The molecule has 2 aromatic carbocycles. The molecule has 0 aliphatic carbocycles. The van der Waals surface area contributed by atoms with Gasteiger partial charge in [-0.05, 0) is 60.9 Å². The van der Waals surface area contributed by atoms with Crippen molar-refractivity contribution in [1.29, 1.82) is 0 Å². The molecular formula is C29H29F3N6O. The highest BCUT2D eigenvalue weighted by Gasteiger charge is 2.38. The number of carbonyl (C=O) groups excluding carboxylic acids is 1. The fraction of sp³-hybridized carbons (Fsp3) is 0.345. The number of halogens is 3. The van der Waals surface area contributed by atoms with Crippen LogP contribution in [0.15, 0.2) is 67.1 Å². The number of carbonyl (C=O) groups is 1. The summed E-state index contributed by atoms with van der Waals surface area (Å²) in [5, 5.41) is 0. The van der Waals surface area contributed by atoms with E-state index >= 15 is 0 Å². The summed E-state index contributed by atoms with van der Waals surface area (Å²) in [6, 6.07) is 16.2. The van der Waals surface area contributed by atoms with Gasteiger partial charge < -0.3 is 19.3 Å². The van der Waals surface area contributed by atoms with Gasteiger partial charge in [-0.25, -0.2) is 9.97 Å². The standard InChI is InChI=1S/C29H29F3N6O/c1-20-16-36(14-15-38(20)27(39)18-37-19-34-25-8-5-12-33-28(25)37)26-10-9-24(29(30,31)32)22-11-13-35(17-23(22)26)21-6-3-2-4-7-21/h2-10,12,19-20H,11,13-18H2,1H3. The van der Waals surface area contributed by atoms with Crippen molar-refractivity contribution < 1.29 is 18.0 Å². The summed E-state index contributed by atoms with van der Waals surface area (Å²) in [5.41, 5.74) is 3.79. The number of benzene rings is 2. The molecule has 1 fully saturated rings. The first-order valence-corrected chi connectivity index (χ1v) is 13.1. The SMILES string of the molecule is CC1CN(c2ccc(C(F)(F)F)c3c2CN(c2ccccc2)CC3)CCN1C(=O)Cn1cnc2cccnc21. The quantitative estimate of drug-likeness (QED) is 0.378. The topological polar surface area (TPSA) is 57.5 Å². The number of rotatable bonds is 4. The number of hydrogen-bond acceptors (Lipinski definition) is 5. The number of anilines is 2. The molecule has 4 heterocycles. The Hall–Kier alpha value is -4.08. The van der Waals surface area contributed by atoms with E-state index in [0.717, 1.165) is 22.5 Å². The van der Waals surface area contributed by atoms with Crippen LogP contribution in [0.4, 0.5) is 24.5 Å². The summed E-state index contributed by atoms with van der Waals surface area (Å²) in [7, 11) is 0. The normalized spacial score (nSPS) is 17.9. The minimum Gasteiger partial charge on any atom is -0.367 e. The molecule has 202 valence electrons. The Morgan fingerprint density at radius 2 is 1.77 bits per heavy atom. The number of pyridine rings is 1. The number of imidazole rings is 1.